The fourth-order valence-electron chi connectivity index (χ4n) is 1.07. The molecule has 0 unspecified atom stereocenters. The van der Waals surface area contributed by atoms with E-state index in [4.69, 9.17) is 11.6 Å². The first-order chi connectivity index (χ1) is 8.04. The van der Waals surface area contributed by atoms with Crippen LogP contribution in [0.3, 0.4) is 0 Å². The minimum Gasteiger partial charge on any atom is -0.403 e. The second-order valence-corrected chi connectivity index (χ2v) is 4.33. The third-order valence-corrected chi connectivity index (χ3v) is 2.49. The molecule has 0 saturated carbocycles. The molecular weight excluding hydrogens is 402 g/mol. The molecule has 0 aliphatic carbocycles. The normalized spacial score (nSPS) is 12.7. The Morgan fingerprint density at radius 3 is 2.17 bits per heavy atom. The molecule has 0 N–H and O–H groups in total. The largest absolute Gasteiger partial charge is 0.573 e. The molecule has 1 aromatic rings. The SMILES string of the molecule is FC(F)(F)Oc1c(CCl)cc(I)nc1C(F)(F)F. The van der Waals surface area contributed by atoms with E-state index in [1.807, 2.05) is 0 Å². The summed E-state index contributed by atoms with van der Waals surface area (Å²) in [6, 6.07) is 0.990. The number of hydrogen-bond donors (Lipinski definition) is 0. The molecule has 0 saturated heterocycles. The fourth-order valence-corrected chi connectivity index (χ4v) is 1.89. The molecule has 0 aromatic carbocycles. The summed E-state index contributed by atoms with van der Waals surface area (Å²) in [6.45, 7) is 0. The Labute approximate surface area is 115 Å². The van der Waals surface area contributed by atoms with Crippen molar-refractivity contribution in [2.24, 2.45) is 0 Å². The van der Waals surface area contributed by atoms with Crippen LogP contribution in [-0.2, 0) is 12.1 Å². The van der Waals surface area contributed by atoms with Gasteiger partial charge in [0, 0.05) is 5.56 Å². The van der Waals surface area contributed by atoms with Gasteiger partial charge in [-0.15, -0.1) is 24.8 Å². The molecule has 0 bridgehead atoms. The average Bonchev–Trinajstić information content (AvgIpc) is 2.16. The van der Waals surface area contributed by atoms with Gasteiger partial charge >= 0.3 is 12.5 Å². The lowest BCUT2D eigenvalue weighted by Crippen LogP contribution is -2.22. The van der Waals surface area contributed by atoms with E-state index < -0.39 is 35.4 Å². The number of aromatic nitrogens is 1. The van der Waals surface area contributed by atoms with Crippen molar-refractivity contribution in [3.63, 3.8) is 0 Å². The molecule has 102 valence electrons. The van der Waals surface area contributed by atoms with Crippen LogP contribution in [0.1, 0.15) is 11.3 Å². The van der Waals surface area contributed by atoms with E-state index in [2.05, 4.69) is 9.72 Å². The molecule has 0 atom stereocenters. The van der Waals surface area contributed by atoms with Crippen LogP contribution in [0.25, 0.3) is 0 Å². The minimum atomic E-state index is -5.25. The monoisotopic (exact) mass is 405 g/mol. The van der Waals surface area contributed by atoms with Crippen LogP contribution in [0.5, 0.6) is 5.75 Å². The highest BCUT2D eigenvalue weighted by Crippen LogP contribution is 2.40. The topological polar surface area (TPSA) is 22.1 Å². The molecule has 0 fully saturated rings. The molecular formula is C8H3ClF6INO. The Morgan fingerprint density at radius 1 is 1.22 bits per heavy atom. The third kappa shape index (κ3) is 4.04. The van der Waals surface area contributed by atoms with Crippen molar-refractivity contribution in [1.82, 2.24) is 4.98 Å². The summed E-state index contributed by atoms with van der Waals surface area (Å²) in [5.41, 5.74) is -2.18. The standard InChI is InChI=1S/C8H3ClF6INO/c9-2-3-1-4(16)17-6(7(10,11)12)5(3)18-8(13,14)15/h1H,2H2. The quantitative estimate of drug-likeness (QED) is 0.316. The Morgan fingerprint density at radius 2 is 1.78 bits per heavy atom. The zero-order chi connectivity index (χ0) is 14.1. The van der Waals surface area contributed by atoms with Crippen molar-refractivity contribution in [2.45, 2.75) is 18.4 Å². The Balaban J connectivity index is 3.43. The van der Waals surface area contributed by atoms with E-state index in [1.165, 1.54) is 22.6 Å². The van der Waals surface area contributed by atoms with Crippen molar-refractivity contribution < 1.29 is 31.1 Å². The van der Waals surface area contributed by atoms with Gasteiger partial charge in [-0.05, 0) is 28.7 Å². The van der Waals surface area contributed by atoms with Gasteiger partial charge < -0.3 is 4.74 Å². The third-order valence-electron chi connectivity index (χ3n) is 1.65. The first-order valence-electron chi connectivity index (χ1n) is 4.13. The molecule has 0 radical (unpaired) electrons. The summed E-state index contributed by atoms with van der Waals surface area (Å²) in [5, 5.41) is 0. The average molecular weight is 405 g/mol. The Kier molecular flexibility index (Phi) is 4.57. The van der Waals surface area contributed by atoms with Gasteiger partial charge in [0.05, 0.1) is 5.88 Å². The smallest absolute Gasteiger partial charge is 0.403 e. The van der Waals surface area contributed by atoms with Crippen molar-refractivity contribution >= 4 is 34.2 Å². The number of nitrogens with zero attached hydrogens (tertiary/aromatic N) is 1. The van der Waals surface area contributed by atoms with Gasteiger partial charge in [-0.3, -0.25) is 0 Å². The highest BCUT2D eigenvalue weighted by Gasteiger charge is 2.42. The number of pyridine rings is 1. The van der Waals surface area contributed by atoms with E-state index in [0.29, 0.717) is 0 Å². The summed E-state index contributed by atoms with van der Waals surface area (Å²) < 4.78 is 77.1. The summed E-state index contributed by atoms with van der Waals surface area (Å²) in [7, 11) is 0. The Bertz CT molecular complexity index is 446. The molecule has 18 heavy (non-hydrogen) atoms. The van der Waals surface area contributed by atoms with Crippen LogP contribution < -0.4 is 4.74 Å². The van der Waals surface area contributed by atoms with Crippen molar-refractivity contribution in [1.29, 1.82) is 0 Å². The number of alkyl halides is 7. The lowest BCUT2D eigenvalue weighted by Gasteiger charge is -2.17. The van der Waals surface area contributed by atoms with Gasteiger partial charge in [0.1, 0.15) is 3.70 Å². The molecule has 2 nitrogen and oxygen atoms in total. The molecule has 0 amide bonds. The Hall–Kier alpha value is -0.450. The zero-order valence-electron chi connectivity index (χ0n) is 8.16. The maximum absolute atomic E-state index is 12.6. The van der Waals surface area contributed by atoms with Crippen LogP contribution in [0, 0.1) is 3.70 Å². The van der Waals surface area contributed by atoms with E-state index in [9.17, 15) is 26.3 Å². The molecule has 0 aliphatic rings. The highest BCUT2D eigenvalue weighted by molar-refractivity contribution is 14.1. The molecule has 0 aliphatic heterocycles. The van der Waals surface area contributed by atoms with Gasteiger partial charge in [0.25, 0.3) is 0 Å². The van der Waals surface area contributed by atoms with Crippen LogP contribution >= 0.6 is 34.2 Å². The minimum absolute atomic E-state index is 0.134. The lowest BCUT2D eigenvalue weighted by molar-refractivity contribution is -0.276. The highest BCUT2D eigenvalue weighted by atomic mass is 127. The fraction of sp³-hybridized carbons (Fsp3) is 0.375. The van der Waals surface area contributed by atoms with E-state index >= 15 is 0 Å². The summed E-state index contributed by atoms with van der Waals surface area (Å²) in [5.74, 6) is -1.97. The molecule has 1 rings (SSSR count). The van der Waals surface area contributed by atoms with Gasteiger partial charge in [-0.2, -0.15) is 13.2 Å². The van der Waals surface area contributed by atoms with Crippen LogP contribution in [0.2, 0.25) is 0 Å². The van der Waals surface area contributed by atoms with Gasteiger partial charge in [0.2, 0.25) is 0 Å². The molecule has 1 aromatic heterocycles. The number of rotatable bonds is 2. The van der Waals surface area contributed by atoms with Crippen molar-refractivity contribution in [2.75, 3.05) is 0 Å². The van der Waals surface area contributed by atoms with Crippen LogP contribution in [0.15, 0.2) is 6.07 Å². The first kappa shape index (κ1) is 15.6. The predicted octanol–water partition coefficient (Wildman–Crippen LogP) is 4.34. The second-order valence-electron chi connectivity index (χ2n) is 2.96. The predicted molar refractivity (Wildman–Crippen MR) is 58.2 cm³/mol. The zero-order valence-corrected chi connectivity index (χ0v) is 11.1. The molecule has 0 spiro atoms. The lowest BCUT2D eigenvalue weighted by atomic mass is 10.2. The van der Waals surface area contributed by atoms with Crippen molar-refractivity contribution in [3.05, 3.63) is 21.0 Å². The van der Waals surface area contributed by atoms with Gasteiger partial charge in [-0.25, -0.2) is 4.98 Å². The van der Waals surface area contributed by atoms with E-state index in [-0.39, 0.29) is 3.70 Å². The number of ether oxygens (including phenoxy) is 1. The summed E-state index contributed by atoms with van der Waals surface area (Å²) in [4.78, 5) is 3.02. The first-order valence-corrected chi connectivity index (χ1v) is 5.74. The van der Waals surface area contributed by atoms with E-state index in [0.717, 1.165) is 6.07 Å². The van der Waals surface area contributed by atoms with Gasteiger partial charge in [-0.1, -0.05) is 0 Å². The maximum atomic E-state index is 12.6. The van der Waals surface area contributed by atoms with Crippen LogP contribution in [-0.4, -0.2) is 11.3 Å². The molecule has 10 heteroatoms. The number of hydrogen-bond acceptors (Lipinski definition) is 2. The van der Waals surface area contributed by atoms with Gasteiger partial charge in [0.15, 0.2) is 11.4 Å². The van der Waals surface area contributed by atoms with Crippen LogP contribution in [0.4, 0.5) is 26.3 Å². The summed E-state index contributed by atoms with van der Waals surface area (Å²) >= 11 is 6.75. The maximum Gasteiger partial charge on any atom is 0.573 e. The number of halogens is 8. The second kappa shape index (κ2) is 5.27. The van der Waals surface area contributed by atoms with E-state index in [1.54, 1.807) is 0 Å². The summed E-state index contributed by atoms with van der Waals surface area (Å²) in [6.07, 6.45) is -10.3. The van der Waals surface area contributed by atoms with Crippen molar-refractivity contribution in [3.8, 4) is 5.75 Å². The molecule has 1 heterocycles.